The predicted molar refractivity (Wildman–Crippen MR) is 46.8 cm³/mol. The molecule has 1 rings (SSSR count). The molecule has 11 heavy (non-hydrogen) atoms. The van der Waals surface area contributed by atoms with Gasteiger partial charge in [0.15, 0.2) is 0 Å². The van der Waals surface area contributed by atoms with E-state index >= 15 is 0 Å². The molecule has 0 N–H and O–H groups in total. The molecular weight excluding hydrogens is 132 g/mol. The summed E-state index contributed by atoms with van der Waals surface area (Å²) >= 11 is 0. The second-order valence-electron chi connectivity index (χ2n) is 1.99. The molecule has 0 heterocycles. The first kappa shape index (κ1) is 7.45. The normalized spacial score (nSPS) is 7.00. The van der Waals surface area contributed by atoms with Crippen molar-refractivity contribution in [3.8, 4) is 23.7 Å². The number of rotatable bonds is 0. The Hall–Kier alpha value is -1.66. The van der Waals surface area contributed by atoms with Gasteiger partial charge in [-0.05, 0) is 30.9 Å². The van der Waals surface area contributed by atoms with Crippen LogP contribution >= 0.6 is 0 Å². The minimum atomic E-state index is 1.01. The van der Waals surface area contributed by atoms with E-state index in [-0.39, 0.29) is 0 Å². The Labute approximate surface area is 67.3 Å². The maximum Gasteiger partial charge on any atom is 0.0255 e. The third-order valence-electron chi connectivity index (χ3n) is 1.17. The standard InChI is InChI=1S/C11H8/c1-2-3-5-8-11-9-6-4-7-10-11/h4,6-7,9-10H,1H3. The van der Waals surface area contributed by atoms with Crippen molar-refractivity contribution in [1.29, 1.82) is 0 Å². The average molecular weight is 140 g/mol. The highest BCUT2D eigenvalue weighted by Gasteiger charge is 1.78. The van der Waals surface area contributed by atoms with Gasteiger partial charge in [-0.25, -0.2) is 0 Å². The zero-order valence-electron chi connectivity index (χ0n) is 6.39. The van der Waals surface area contributed by atoms with Crippen molar-refractivity contribution in [2.45, 2.75) is 6.92 Å². The van der Waals surface area contributed by atoms with E-state index < -0.39 is 0 Å². The van der Waals surface area contributed by atoms with Crippen molar-refractivity contribution < 1.29 is 0 Å². The summed E-state index contributed by atoms with van der Waals surface area (Å²) in [5.41, 5.74) is 1.01. The Bertz CT molecular complexity index is 325. The number of hydrogen-bond acceptors (Lipinski definition) is 0. The molecule has 0 heteroatoms. The van der Waals surface area contributed by atoms with Crippen LogP contribution in [0.1, 0.15) is 12.5 Å². The summed E-state index contributed by atoms with van der Waals surface area (Å²) in [7, 11) is 0. The van der Waals surface area contributed by atoms with E-state index in [0.717, 1.165) is 5.56 Å². The fraction of sp³-hybridized carbons (Fsp3) is 0.0909. The fourth-order valence-electron chi connectivity index (χ4n) is 0.687. The highest BCUT2D eigenvalue weighted by Crippen LogP contribution is 1.93. The third kappa shape index (κ3) is 2.61. The van der Waals surface area contributed by atoms with Crippen LogP contribution in [0.2, 0.25) is 0 Å². The molecule has 0 aliphatic rings. The lowest BCUT2D eigenvalue weighted by atomic mass is 10.2. The SMILES string of the molecule is CC#CC#Cc1ccccc1. The zero-order chi connectivity index (χ0) is 7.94. The van der Waals surface area contributed by atoms with Gasteiger partial charge in [-0.2, -0.15) is 0 Å². The lowest BCUT2D eigenvalue weighted by Gasteiger charge is -1.83. The molecule has 1 aromatic carbocycles. The molecule has 0 amide bonds. The third-order valence-corrected chi connectivity index (χ3v) is 1.17. The summed E-state index contributed by atoms with van der Waals surface area (Å²) in [4.78, 5) is 0. The second kappa shape index (κ2) is 4.20. The smallest absolute Gasteiger partial charge is 0.0255 e. The van der Waals surface area contributed by atoms with E-state index in [1.807, 2.05) is 30.3 Å². The molecule has 0 unspecified atom stereocenters. The number of hydrogen-bond donors (Lipinski definition) is 0. The molecule has 0 atom stereocenters. The lowest BCUT2D eigenvalue weighted by molar-refractivity contribution is 1.65. The highest BCUT2D eigenvalue weighted by atomic mass is 13.8. The molecular formula is C11H8. The highest BCUT2D eigenvalue weighted by molar-refractivity contribution is 5.39. The van der Waals surface area contributed by atoms with Crippen molar-refractivity contribution in [2.24, 2.45) is 0 Å². The first-order valence-electron chi connectivity index (χ1n) is 3.41. The van der Waals surface area contributed by atoms with Gasteiger partial charge in [-0.3, -0.25) is 0 Å². The molecule has 0 fully saturated rings. The van der Waals surface area contributed by atoms with Crippen molar-refractivity contribution in [3.05, 3.63) is 35.9 Å². The molecule has 0 saturated carbocycles. The van der Waals surface area contributed by atoms with E-state index in [4.69, 9.17) is 0 Å². The van der Waals surface area contributed by atoms with Crippen molar-refractivity contribution in [3.63, 3.8) is 0 Å². The van der Waals surface area contributed by atoms with Crippen LogP contribution < -0.4 is 0 Å². The van der Waals surface area contributed by atoms with Crippen LogP contribution in [-0.2, 0) is 0 Å². The summed E-state index contributed by atoms with van der Waals surface area (Å²) < 4.78 is 0. The van der Waals surface area contributed by atoms with Gasteiger partial charge in [0.05, 0.1) is 0 Å². The summed E-state index contributed by atoms with van der Waals surface area (Å²) in [6.07, 6.45) is 0. The molecule has 0 aliphatic heterocycles. The molecule has 1 aromatic rings. The van der Waals surface area contributed by atoms with Crippen LogP contribution in [0, 0.1) is 23.7 Å². The maximum atomic E-state index is 2.92. The molecule has 0 spiro atoms. The van der Waals surface area contributed by atoms with Crippen LogP contribution in [0.5, 0.6) is 0 Å². The van der Waals surface area contributed by atoms with Crippen LogP contribution in [-0.4, -0.2) is 0 Å². The molecule has 0 aliphatic carbocycles. The summed E-state index contributed by atoms with van der Waals surface area (Å²) in [5.74, 6) is 11.1. The summed E-state index contributed by atoms with van der Waals surface area (Å²) in [6.45, 7) is 1.78. The monoisotopic (exact) mass is 140 g/mol. The Kier molecular flexibility index (Phi) is 2.85. The van der Waals surface area contributed by atoms with Crippen LogP contribution in [0.4, 0.5) is 0 Å². The van der Waals surface area contributed by atoms with Gasteiger partial charge in [-0.1, -0.05) is 30.0 Å². The Morgan fingerprint density at radius 1 is 1.00 bits per heavy atom. The Morgan fingerprint density at radius 2 is 1.73 bits per heavy atom. The Balaban J connectivity index is 2.80. The largest absolute Gasteiger partial charge is 0.0925 e. The van der Waals surface area contributed by atoms with Crippen LogP contribution in [0.25, 0.3) is 0 Å². The molecule has 0 aromatic heterocycles. The first-order valence-corrected chi connectivity index (χ1v) is 3.41. The maximum absolute atomic E-state index is 2.92. The molecule has 0 bridgehead atoms. The molecule has 0 nitrogen and oxygen atoms in total. The van der Waals surface area contributed by atoms with Gasteiger partial charge < -0.3 is 0 Å². The minimum absolute atomic E-state index is 1.01. The van der Waals surface area contributed by atoms with Gasteiger partial charge in [0.25, 0.3) is 0 Å². The van der Waals surface area contributed by atoms with Gasteiger partial charge >= 0.3 is 0 Å². The van der Waals surface area contributed by atoms with Crippen molar-refractivity contribution in [1.82, 2.24) is 0 Å². The lowest BCUT2D eigenvalue weighted by Crippen LogP contribution is -1.68. The minimum Gasteiger partial charge on any atom is -0.0925 e. The van der Waals surface area contributed by atoms with Crippen molar-refractivity contribution >= 4 is 0 Å². The quantitative estimate of drug-likeness (QED) is 0.484. The van der Waals surface area contributed by atoms with E-state index in [0.29, 0.717) is 0 Å². The van der Waals surface area contributed by atoms with Gasteiger partial charge in [-0.15, -0.1) is 0 Å². The fourth-order valence-corrected chi connectivity index (χ4v) is 0.687. The second-order valence-corrected chi connectivity index (χ2v) is 1.99. The van der Waals surface area contributed by atoms with Crippen molar-refractivity contribution in [2.75, 3.05) is 0 Å². The van der Waals surface area contributed by atoms with Crippen LogP contribution in [0.3, 0.4) is 0 Å². The van der Waals surface area contributed by atoms with E-state index in [1.54, 1.807) is 6.92 Å². The molecule has 52 valence electrons. The zero-order valence-corrected chi connectivity index (χ0v) is 6.39. The molecule has 0 saturated heterocycles. The Morgan fingerprint density at radius 3 is 2.36 bits per heavy atom. The van der Waals surface area contributed by atoms with Gasteiger partial charge in [0, 0.05) is 5.56 Å². The topological polar surface area (TPSA) is 0 Å². The van der Waals surface area contributed by atoms with E-state index in [9.17, 15) is 0 Å². The van der Waals surface area contributed by atoms with Crippen LogP contribution in [0.15, 0.2) is 30.3 Å². The summed E-state index contributed by atoms with van der Waals surface area (Å²) in [5, 5.41) is 0. The average Bonchev–Trinajstić information content (AvgIpc) is 2.07. The predicted octanol–water partition coefficient (Wildman–Crippen LogP) is 2.06. The van der Waals surface area contributed by atoms with Gasteiger partial charge in [0.1, 0.15) is 0 Å². The van der Waals surface area contributed by atoms with E-state index in [1.165, 1.54) is 0 Å². The summed E-state index contributed by atoms with van der Waals surface area (Å²) in [6, 6.07) is 9.82. The first-order chi connectivity index (χ1) is 5.43. The van der Waals surface area contributed by atoms with Gasteiger partial charge in [0.2, 0.25) is 0 Å². The number of benzene rings is 1. The molecule has 0 radical (unpaired) electrons. The van der Waals surface area contributed by atoms with E-state index in [2.05, 4.69) is 23.7 Å².